The van der Waals surface area contributed by atoms with Crippen LogP contribution < -0.4 is 4.74 Å². The molecule has 4 rings (SSSR count). The van der Waals surface area contributed by atoms with Crippen LogP contribution in [0.4, 0.5) is 0 Å². The van der Waals surface area contributed by atoms with E-state index in [9.17, 15) is 10.2 Å². The van der Waals surface area contributed by atoms with E-state index in [1.807, 2.05) is 52.0 Å². The lowest BCUT2D eigenvalue weighted by molar-refractivity contribution is -0.219. The molecule has 0 spiro atoms. The summed E-state index contributed by atoms with van der Waals surface area (Å²) in [4.78, 5) is 0. The minimum atomic E-state index is -1.03. The summed E-state index contributed by atoms with van der Waals surface area (Å²) in [7, 11) is 1.63. The zero-order valence-electron chi connectivity index (χ0n) is 19.9. The van der Waals surface area contributed by atoms with Crippen LogP contribution in [-0.2, 0) is 35.0 Å². The fraction of sp³-hybridized carbons (Fsp3) is 0.750. The third-order valence-corrected chi connectivity index (χ3v) is 6.21. The van der Waals surface area contributed by atoms with Gasteiger partial charge in [-0.05, 0) is 45.4 Å². The topological polar surface area (TPSA) is 105 Å². The van der Waals surface area contributed by atoms with Gasteiger partial charge in [0.1, 0.15) is 36.3 Å². The summed E-state index contributed by atoms with van der Waals surface area (Å²) in [6.45, 7) is 7.69. The van der Waals surface area contributed by atoms with Crippen LogP contribution in [-0.4, -0.2) is 84.8 Å². The zero-order valence-corrected chi connectivity index (χ0v) is 19.9. The molecule has 3 aliphatic heterocycles. The fourth-order valence-electron chi connectivity index (χ4n) is 4.80. The van der Waals surface area contributed by atoms with Gasteiger partial charge in [-0.25, -0.2) is 0 Å². The lowest BCUT2D eigenvalue weighted by atomic mass is 9.91. The van der Waals surface area contributed by atoms with E-state index in [2.05, 4.69) is 0 Å². The molecule has 0 radical (unpaired) electrons. The van der Waals surface area contributed by atoms with Crippen LogP contribution in [0.3, 0.4) is 0 Å². The molecule has 0 amide bonds. The second-order valence-electron chi connectivity index (χ2n) is 9.77. The first-order valence-corrected chi connectivity index (χ1v) is 11.5. The van der Waals surface area contributed by atoms with Crippen LogP contribution >= 0.6 is 0 Å². The highest BCUT2D eigenvalue weighted by Gasteiger charge is 2.57. The summed E-state index contributed by atoms with van der Waals surface area (Å²) in [6.07, 6.45) is -3.38. The van der Waals surface area contributed by atoms with Crippen molar-refractivity contribution in [3.05, 3.63) is 29.8 Å². The number of aliphatic hydroxyl groups is 2. The highest BCUT2D eigenvalue weighted by molar-refractivity contribution is 5.26. The molecule has 186 valence electrons. The van der Waals surface area contributed by atoms with Crippen molar-refractivity contribution in [1.82, 2.24) is 0 Å². The predicted octanol–water partition coefficient (Wildman–Crippen LogP) is 1.76. The van der Waals surface area contributed by atoms with Crippen LogP contribution in [0.1, 0.15) is 39.7 Å². The van der Waals surface area contributed by atoms with E-state index in [1.165, 1.54) is 0 Å². The van der Waals surface area contributed by atoms with E-state index in [0.29, 0.717) is 13.0 Å². The van der Waals surface area contributed by atoms with Gasteiger partial charge >= 0.3 is 0 Å². The van der Waals surface area contributed by atoms with Crippen molar-refractivity contribution in [3.63, 3.8) is 0 Å². The maximum atomic E-state index is 10.3. The molecule has 0 bridgehead atoms. The Bertz CT molecular complexity index is 781. The van der Waals surface area contributed by atoms with E-state index in [-0.39, 0.29) is 12.7 Å². The third kappa shape index (κ3) is 5.68. The van der Waals surface area contributed by atoms with Crippen molar-refractivity contribution in [3.8, 4) is 5.75 Å². The standard InChI is InChI=1S/C24H36O9/c1-23(2)30-18-10-17(16(26)11-25)29-22(20(18)32-23)21-19(31-24(3,4)33-21)13-28-12-14-6-8-15(27-5)9-7-14/h6-9,16-22,25-26H,10-13H2,1-5H3/t16-,17-,18-,19-,20-,21+,22+/m0/s1. The Kier molecular flexibility index (Phi) is 7.33. The lowest BCUT2D eigenvalue weighted by Crippen LogP contribution is -2.57. The summed E-state index contributed by atoms with van der Waals surface area (Å²) in [5.74, 6) is -0.834. The maximum absolute atomic E-state index is 10.3. The van der Waals surface area contributed by atoms with Crippen LogP contribution in [0.15, 0.2) is 24.3 Å². The van der Waals surface area contributed by atoms with Gasteiger partial charge in [0.15, 0.2) is 11.6 Å². The Morgan fingerprint density at radius 1 is 0.970 bits per heavy atom. The second-order valence-corrected chi connectivity index (χ2v) is 9.77. The monoisotopic (exact) mass is 468 g/mol. The number of methoxy groups -OCH3 is 1. The molecule has 7 atom stereocenters. The summed E-state index contributed by atoms with van der Waals surface area (Å²) in [5, 5.41) is 19.8. The third-order valence-electron chi connectivity index (χ3n) is 6.21. The Hall–Kier alpha value is -1.30. The minimum absolute atomic E-state index is 0.287. The molecule has 9 heteroatoms. The van der Waals surface area contributed by atoms with Crippen molar-refractivity contribution in [2.45, 2.75) is 95.0 Å². The first-order chi connectivity index (χ1) is 15.6. The van der Waals surface area contributed by atoms with Crippen molar-refractivity contribution >= 4 is 0 Å². The van der Waals surface area contributed by atoms with Crippen molar-refractivity contribution in [2.24, 2.45) is 0 Å². The van der Waals surface area contributed by atoms with Gasteiger partial charge in [0.25, 0.3) is 0 Å². The number of hydrogen-bond donors (Lipinski definition) is 2. The van der Waals surface area contributed by atoms with Gasteiger partial charge in [0, 0.05) is 6.42 Å². The Morgan fingerprint density at radius 2 is 1.64 bits per heavy atom. The van der Waals surface area contributed by atoms with Crippen LogP contribution in [0.25, 0.3) is 0 Å². The number of aliphatic hydroxyl groups excluding tert-OH is 2. The largest absolute Gasteiger partial charge is 0.497 e. The second kappa shape index (κ2) is 9.75. The Morgan fingerprint density at radius 3 is 2.30 bits per heavy atom. The molecule has 33 heavy (non-hydrogen) atoms. The van der Waals surface area contributed by atoms with E-state index < -0.39 is 54.8 Å². The van der Waals surface area contributed by atoms with E-state index >= 15 is 0 Å². The molecular formula is C24H36O9. The van der Waals surface area contributed by atoms with Gasteiger partial charge < -0.3 is 43.4 Å². The lowest BCUT2D eigenvalue weighted by Gasteiger charge is -2.41. The average molecular weight is 469 g/mol. The number of rotatable bonds is 8. The highest BCUT2D eigenvalue weighted by atomic mass is 16.8. The first kappa shape index (κ1) is 24.8. The Labute approximate surface area is 194 Å². The summed E-state index contributed by atoms with van der Waals surface area (Å²) >= 11 is 0. The molecule has 9 nitrogen and oxygen atoms in total. The van der Waals surface area contributed by atoms with Crippen LogP contribution in [0.5, 0.6) is 5.75 Å². The zero-order chi connectivity index (χ0) is 23.8. The van der Waals surface area contributed by atoms with Crippen molar-refractivity contribution in [2.75, 3.05) is 20.3 Å². The number of hydrogen-bond acceptors (Lipinski definition) is 9. The Balaban J connectivity index is 1.47. The quantitative estimate of drug-likeness (QED) is 0.590. The molecule has 3 heterocycles. The van der Waals surface area contributed by atoms with Crippen molar-refractivity contribution in [1.29, 1.82) is 0 Å². The first-order valence-electron chi connectivity index (χ1n) is 11.5. The number of ether oxygens (including phenoxy) is 7. The molecule has 1 aromatic carbocycles. The van der Waals surface area contributed by atoms with Gasteiger partial charge in [0.2, 0.25) is 0 Å². The van der Waals surface area contributed by atoms with Gasteiger partial charge in [-0.2, -0.15) is 0 Å². The van der Waals surface area contributed by atoms with E-state index in [4.69, 9.17) is 33.2 Å². The van der Waals surface area contributed by atoms with Gasteiger partial charge in [-0.3, -0.25) is 0 Å². The molecule has 0 aliphatic carbocycles. The molecule has 3 saturated heterocycles. The van der Waals surface area contributed by atoms with E-state index in [0.717, 1.165) is 11.3 Å². The van der Waals surface area contributed by atoms with Gasteiger partial charge in [-0.1, -0.05) is 12.1 Å². The molecular weight excluding hydrogens is 432 g/mol. The summed E-state index contributed by atoms with van der Waals surface area (Å²) in [5.41, 5.74) is 1.01. The molecule has 3 fully saturated rings. The normalized spacial score (nSPS) is 35.8. The molecule has 0 unspecified atom stereocenters. The molecule has 3 aliphatic rings. The minimum Gasteiger partial charge on any atom is -0.497 e. The van der Waals surface area contributed by atoms with Crippen LogP contribution in [0, 0.1) is 0 Å². The highest BCUT2D eigenvalue weighted by Crippen LogP contribution is 2.42. The van der Waals surface area contributed by atoms with Gasteiger partial charge in [0.05, 0.1) is 39.1 Å². The number of fused-ring (bicyclic) bond motifs is 1. The van der Waals surface area contributed by atoms with Crippen LogP contribution in [0.2, 0.25) is 0 Å². The molecule has 0 aromatic heterocycles. The van der Waals surface area contributed by atoms with E-state index in [1.54, 1.807) is 7.11 Å². The SMILES string of the molecule is COc1ccc(COC[C@@H]2OC(C)(C)O[C@H]2[C@@H]2O[C@H]([C@@H](O)CO)C[C@@H]3OC(C)(C)O[C@H]23)cc1. The number of benzene rings is 1. The predicted molar refractivity (Wildman–Crippen MR) is 117 cm³/mol. The molecule has 0 saturated carbocycles. The maximum Gasteiger partial charge on any atom is 0.164 e. The molecule has 1 aromatic rings. The fourth-order valence-corrected chi connectivity index (χ4v) is 4.80. The summed E-state index contributed by atoms with van der Waals surface area (Å²) < 4.78 is 42.1. The van der Waals surface area contributed by atoms with Crippen molar-refractivity contribution < 1.29 is 43.4 Å². The smallest absolute Gasteiger partial charge is 0.164 e. The average Bonchev–Trinajstić information content (AvgIpc) is 3.26. The summed E-state index contributed by atoms with van der Waals surface area (Å²) in [6, 6.07) is 7.69. The molecule has 2 N–H and O–H groups in total. The van der Waals surface area contributed by atoms with Gasteiger partial charge in [-0.15, -0.1) is 0 Å².